The molecule has 0 unspecified atom stereocenters. The molecule has 19 heavy (non-hydrogen) atoms. The summed E-state index contributed by atoms with van der Waals surface area (Å²) in [5.41, 5.74) is 3.36. The molecule has 0 aliphatic carbocycles. The van der Waals surface area contributed by atoms with E-state index in [-0.39, 0.29) is 0 Å². The Morgan fingerprint density at radius 3 is 2.74 bits per heavy atom. The maximum absolute atomic E-state index is 6.01. The second-order valence-electron chi connectivity index (χ2n) is 4.96. The van der Waals surface area contributed by atoms with Gasteiger partial charge in [-0.3, -0.25) is 0 Å². The Bertz CT molecular complexity index is 576. The Morgan fingerprint density at radius 1 is 1.37 bits per heavy atom. The van der Waals surface area contributed by atoms with Gasteiger partial charge in [0.2, 0.25) is 5.88 Å². The van der Waals surface area contributed by atoms with Gasteiger partial charge in [-0.05, 0) is 30.5 Å². The van der Waals surface area contributed by atoms with Crippen molar-refractivity contribution in [1.82, 2.24) is 9.78 Å². The minimum atomic E-state index is 0.493. The van der Waals surface area contributed by atoms with E-state index in [0.717, 1.165) is 28.2 Å². The molecule has 0 fully saturated rings. The third kappa shape index (κ3) is 3.00. The summed E-state index contributed by atoms with van der Waals surface area (Å²) in [6.07, 6.45) is 0. The number of ether oxygens (including phenoxy) is 1. The smallest absolute Gasteiger partial charge is 0.221 e. The molecule has 4 heteroatoms. The number of rotatable bonds is 4. The highest BCUT2D eigenvalue weighted by Crippen LogP contribution is 2.30. The van der Waals surface area contributed by atoms with Gasteiger partial charge in [0.15, 0.2) is 0 Å². The average molecular weight is 323 g/mol. The Labute approximate surface area is 122 Å². The van der Waals surface area contributed by atoms with Crippen LogP contribution >= 0.6 is 15.9 Å². The van der Waals surface area contributed by atoms with E-state index < -0.39 is 0 Å². The van der Waals surface area contributed by atoms with Crippen LogP contribution in [0.4, 0.5) is 0 Å². The standard InChI is InChI=1S/C15H19BrN2O/c1-10(2)12-6-5-7-13(8-12)19-15-14(9-16)11(3)17-18(15)4/h5-8,10H,9H2,1-4H3. The van der Waals surface area contributed by atoms with E-state index in [1.165, 1.54) is 5.56 Å². The van der Waals surface area contributed by atoms with Crippen LogP contribution in [0.2, 0.25) is 0 Å². The van der Waals surface area contributed by atoms with Gasteiger partial charge in [0, 0.05) is 17.9 Å². The van der Waals surface area contributed by atoms with Crippen molar-refractivity contribution in [2.75, 3.05) is 0 Å². The fourth-order valence-electron chi connectivity index (χ4n) is 2.01. The summed E-state index contributed by atoms with van der Waals surface area (Å²) >= 11 is 3.49. The van der Waals surface area contributed by atoms with E-state index in [0.29, 0.717) is 5.92 Å². The molecule has 0 saturated carbocycles. The van der Waals surface area contributed by atoms with Gasteiger partial charge in [-0.15, -0.1) is 0 Å². The SMILES string of the molecule is Cc1nn(C)c(Oc2cccc(C(C)C)c2)c1CBr. The molecule has 0 aliphatic heterocycles. The van der Waals surface area contributed by atoms with Crippen LogP contribution in [0.1, 0.15) is 36.6 Å². The fourth-order valence-corrected chi connectivity index (χ4v) is 2.66. The zero-order valence-electron chi connectivity index (χ0n) is 11.8. The van der Waals surface area contributed by atoms with Crippen molar-refractivity contribution >= 4 is 15.9 Å². The van der Waals surface area contributed by atoms with Crippen LogP contribution in [-0.4, -0.2) is 9.78 Å². The molecular weight excluding hydrogens is 304 g/mol. The summed E-state index contributed by atoms with van der Waals surface area (Å²) in [5, 5.41) is 5.14. The third-order valence-corrected chi connectivity index (χ3v) is 3.72. The molecule has 0 atom stereocenters. The Balaban J connectivity index is 2.33. The summed E-state index contributed by atoms with van der Waals surface area (Å²) in [7, 11) is 1.90. The first kappa shape index (κ1) is 14.1. The average Bonchev–Trinajstić information content (AvgIpc) is 2.64. The maximum atomic E-state index is 6.01. The van der Waals surface area contributed by atoms with Crippen LogP contribution < -0.4 is 4.74 Å². The second kappa shape index (κ2) is 5.78. The lowest BCUT2D eigenvalue weighted by Gasteiger charge is -2.10. The van der Waals surface area contributed by atoms with Crippen LogP contribution in [0.25, 0.3) is 0 Å². The quantitative estimate of drug-likeness (QED) is 0.773. The molecule has 0 spiro atoms. The van der Waals surface area contributed by atoms with Gasteiger partial charge in [-0.1, -0.05) is 41.9 Å². The lowest BCUT2D eigenvalue weighted by molar-refractivity contribution is 0.427. The molecule has 1 aromatic carbocycles. The molecule has 0 aliphatic rings. The van der Waals surface area contributed by atoms with Gasteiger partial charge in [0.25, 0.3) is 0 Å². The number of nitrogens with zero attached hydrogens (tertiary/aromatic N) is 2. The van der Waals surface area contributed by atoms with Crippen molar-refractivity contribution in [3.8, 4) is 11.6 Å². The van der Waals surface area contributed by atoms with Gasteiger partial charge in [0.1, 0.15) is 5.75 Å². The van der Waals surface area contributed by atoms with Gasteiger partial charge < -0.3 is 4.74 Å². The predicted molar refractivity (Wildman–Crippen MR) is 81.2 cm³/mol. The van der Waals surface area contributed by atoms with Crippen molar-refractivity contribution in [3.63, 3.8) is 0 Å². The highest BCUT2D eigenvalue weighted by atomic mass is 79.9. The molecule has 1 aromatic heterocycles. The fraction of sp³-hybridized carbons (Fsp3) is 0.400. The largest absolute Gasteiger partial charge is 0.439 e. The predicted octanol–water partition coefficient (Wildman–Crippen LogP) is 4.54. The van der Waals surface area contributed by atoms with Crippen LogP contribution in [0.5, 0.6) is 11.6 Å². The highest BCUT2D eigenvalue weighted by Gasteiger charge is 2.14. The van der Waals surface area contributed by atoms with Gasteiger partial charge in [-0.25, -0.2) is 4.68 Å². The molecule has 2 rings (SSSR count). The first-order valence-corrected chi connectivity index (χ1v) is 7.51. The minimum Gasteiger partial charge on any atom is -0.439 e. The topological polar surface area (TPSA) is 27.1 Å². The summed E-state index contributed by atoms with van der Waals surface area (Å²) < 4.78 is 7.80. The van der Waals surface area contributed by atoms with Crippen molar-refractivity contribution < 1.29 is 4.74 Å². The molecular formula is C15H19BrN2O. The molecule has 1 heterocycles. The van der Waals surface area contributed by atoms with Crippen LogP contribution in [-0.2, 0) is 12.4 Å². The number of benzene rings is 1. The van der Waals surface area contributed by atoms with Crippen molar-refractivity contribution in [1.29, 1.82) is 0 Å². The summed E-state index contributed by atoms with van der Waals surface area (Å²) in [6, 6.07) is 8.22. The molecule has 2 aromatic rings. The zero-order chi connectivity index (χ0) is 14.0. The summed E-state index contributed by atoms with van der Waals surface area (Å²) in [4.78, 5) is 0. The van der Waals surface area contributed by atoms with E-state index in [4.69, 9.17) is 4.74 Å². The summed E-state index contributed by atoms with van der Waals surface area (Å²) in [6.45, 7) is 6.35. The molecule has 0 bridgehead atoms. The third-order valence-electron chi connectivity index (χ3n) is 3.16. The number of aromatic nitrogens is 2. The van der Waals surface area contributed by atoms with Crippen LogP contribution in [0.3, 0.4) is 0 Å². The molecule has 0 amide bonds. The van der Waals surface area contributed by atoms with Crippen LogP contribution in [0, 0.1) is 6.92 Å². The Kier molecular flexibility index (Phi) is 4.30. The Hall–Kier alpha value is -1.29. The molecule has 0 N–H and O–H groups in total. The lowest BCUT2D eigenvalue weighted by atomic mass is 10.0. The monoisotopic (exact) mass is 322 g/mol. The van der Waals surface area contributed by atoms with Crippen molar-refractivity contribution in [2.24, 2.45) is 7.05 Å². The van der Waals surface area contributed by atoms with Crippen LogP contribution in [0.15, 0.2) is 24.3 Å². The zero-order valence-corrected chi connectivity index (χ0v) is 13.4. The Morgan fingerprint density at radius 2 is 2.11 bits per heavy atom. The van der Waals surface area contributed by atoms with Gasteiger partial charge >= 0.3 is 0 Å². The normalized spacial score (nSPS) is 11.1. The second-order valence-corrected chi connectivity index (χ2v) is 5.52. The van der Waals surface area contributed by atoms with E-state index in [1.807, 2.05) is 26.1 Å². The molecule has 0 saturated heterocycles. The number of halogens is 1. The minimum absolute atomic E-state index is 0.493. The van der Waals surface area contributed by atoms with Crippen molar-refractivity contribution in [3.05, 3.63) is 41.1 Å². The van der Waals surface area contributed by atoms with E-state index >= 15 is 0 Å². The number of alkyl halides is 1. The van der Waals surface area contributed by atoms with Gasteiger partial charge in [0.05, 0.1) is 5.69 Å². The van der Waals surface area contributed by atoms with Crippen molar-refractivity contribution in [2.45, 2.75) is 32.0 Å². The van der Waals surface area contributed by atoms with E-state index in [2.05, 4.69) is 47.0 Å². The molecule has 102 valence electrons. The first-order valence-electron chi connectivity index (χ1n) is 6.39. The lowest BCUT2D eigenvalue weighted by Crippen LogP contribution is -1.97. The molecule has 0 radical (unpaired) electrons. The summed E-state index contributed by atoms with van der Waals surface area (Å²) in [5.74, 6) is 2.15. The highest BCUT2D eigenvalue weighted by molar-refractivity contribution is 9.08. The molecule has 3 nitrogen and oxygen atoms in total. The number of hydrogen-bond acceptors (Lipinski definition) is 2. The van der Waals surface area contributed by atoms with E-state index in [1.54, 1.807) is 4.68 Å². The van der Waals surface area contributed by atoms with E-state index in [9.17, 15) is 0 Å². The number of aryl methyl sites for hydroxylation is 2. The first-order chi connectivity index (χ1) is 9.02. The van der Waals surface area contributed by atoms with Gasteiger partial charge in [-0.2, -0.15) is 5.10 Å². The maximum Gasteiger partial charge on any atom is 0.221 e. The number of hydrogen-bond donors (Lipinski definition) is 0.